The zero-order chi connectivity index (χ0) is 28.0. The lowest BCUT2D eigenvalue weighted by molar-refractivity contribution is 0.0984. The molecule has 1 N–H and O–H groups in total. The molecule has 0 saturated carbocycles. The van der Waals surface area contributed by atoms with E-state index in [1.165, 1.54) is 28.8 Å². The van der Waals surface area contributed by atoms with Crippen LogP contribution in [-0.4, -0.2) is 39.0 Å². The number of hydrogen-bond acceptors (Lipinski definition) is 6. The Morgan fingerprint density at radius 1 is 1.07 bits per heavy atom. The number of ether oxygens (including phenoxy) is 1. The summed E-state index contributed by atoms with van der Waals surface area (Å²) >= 11 is 1.66. The molecule has 0 radical (unpaired) electrons. The number of aryl methyl sites for hydroxylation is 3. The number of fused-ring (bicyclic) bond motifs is 3. The summed E-state index contributed by atoms with van der Waals surface area (Å²) < 4.78 is 8.59. The first-order chi connectivity index (χ1) is 19.4. The Bertz CT molecular complexity index is 1660. The highest BCUT2D eigenvalue weighted by Crippen LogP contribution is 2.40. The molecule has 0 saturated heterocycles. The van der Waals surface area contributed by atoms with Crippen LogP contribution in [0.2, 0.25) is 0 Å². The molecule has 4 aromatic rings. The number of aliphatic hydroxyl groups is 1. The van der Waals surface area contributed by atoms with Gasteiger partial charge in [0.25, 0.3) is 11.5 Å². The Morgan fingerprint density at radius 2 is 1.90 bits per heavy atom. The number of hydrogen-bond donors (Lipinski definition) is 1. The number of carbonyl (C=O) groups excluding carboxylic acids is 1. The van der Waals surface area contributed by atoms with Gasteiger partial charge in [0.1, 0.15) is 0 Å². The summed E-state index contributed by atoms with van der Waals surface area (Å²) in [5.74, 6) is 0.0238. The number of rotatable bonds is 7. The number of pyridine rings is 1. The van der Waals surface area contributed by atoms with Crippen molar-refractivity contribution in [2.24, 2.45) is 14.1 Å². The number of nitrogens with zero attached hydrogens (tertiary/aromatic N) is 4. The van der Waals surface area contributed by atoms with Crippen LogP contribution in [0.3, 0.4) is 0 Å². The van der Waals surface area contributed by atoms with E-state index in [1.807, 2.05) is 42.3 Å². The zero-order valence-electron chi connectivity index (χ0n) is 23.2. The molecule has 1 aliphatic carbocycles. The van der Waals surface area contributed by atoms with Crippen molar-refractivity contribution in [1.29, 1.82) is 0 Å². The van der Waals surface area contributed by atoms with Gasteiger partial charge in [-0.1, -0.05) is 12.1 Å². The summed E-state index contributed by atoms with van der Waals surface area (Å²) in [7, 11) is 5.24. The van der Waals surface area contributed by atoms with Gasteiger partial charge in [0.15, 0.2) is 0 Å². The largest absolute Gasteiger partial charge is 0.392 e. The Hall–Kier alpha value is -3.53. The predicted molar refractivity (Wildman–Crippen MR) is 156 cm³/mol. The lowest BCUT2D eigenvalue weighted by Crippen LogP contribution is -2.37. The Morgan fingerprint density at radius 3 is 2.70 bits per heavy atom. The Kier molecular flexibility index (Phi) is 7.20. The highest BCUT2D eigenvalue weighted by Gasteiger charge is 2.33. The second kappa shape index (κ2) is 10.8. The fourth-order valence-electron chi connectivity index (χ4n) is 6.20. The van der Waals surface area contributed by atoms with E-state index in [0.717, 1.165) is 52.3 Å². The van der Waals surface area contributed by atoms with Crippen molar-refractivity contribution in [3.8, 4) is 11.1 Å². The van der Waals surface area contributed by atoms with Crippen LogP contribution in [-0.2, 0) is 57.7 Å². The Balaban J connectivity index is 1.37. The minimum atomic E-state index is -0.220. The molecule has 6 rings (SSSR count). The number of benzene rings is 1. The van der Waals surface area contributed by atoms with Crippen LogP contribution in [0.25, 0.3) is 11.1 Å². The molecule has 3 aromatic heterocycles. The number of carbonyl (C=O) groups is 1. The molecule has 0 bridgehead atoms. The van der Waals surface area contributed by atoms with Crippen molar-refractivity contribution in [3.63, 3.8) is 0 Å². The summed E-state index contributed by atoms with van der Waals surface area (Å²) in [6.07, 6.45) is 7.54. The van der Waals surface area contributed by atoms with Crippen LogP contribution >= 0.6 is 11.3 Å². The molecule has 9 heteroatoms. The molecule has 1 aliphatic heterocycles. The average molecular weight is 559 g/mol. The van der Waals surface area contributed by atoms with Gasteiger partial charge >= 0.3 is 0 Å². The average Bonchev–Trinajstić information content (AvgIpc) is 3.51. The van der Waals surface area contributed by atoms with Gasteiger partial charge in [-0.05, 0) is 72.6 Å². The van der Waals surface area contributed by atoms with Crippen LogP contribution in [0.4, 0.5) is 5.69 Å². The fraction of sp³-hybridized carbons (Fsp3) is 0.387. The molecule has 8 nitrogen and oxygen atoms in total. The maximum absolute atomic E-state index is 13.8. The third-order valence-corrected chi connectivity index (χ3v) is 9.49. The molecule has 1 aromatic carbocycles. The van der Waals surface area contributed by atoms with E-state index >= 15 is 0 Å². The molecule has 1 amide bonds. The molecule has 0 spiro atoms. The summed E-state index contributed by atoms with van der Waals surface area (Å²) in [6, 6.07) is 9.62. The molecular weight excluding hydrogens is 524 g/mol. The molecule has 4 heterocycles. The summed E-state index contributed by atoms with van der Waals surface area (Å²) in [5, 5.41) is 15.2. The van der Waals surface area contributed by atoms with Crippen LogP contribution in [0.1, 0.15) is 61.0 Å². The van der Waals surface area contributed by atoms with E-state index in [9.17, 15) is 14.7 Å². The van der Waals surface area contributed by atoms with Gasteiger partial charge in [-0.3, -0.25) is 14.3 Å². The number of aromatic nitrogens is 3. The molecular formula is C31H34N4O4S. The highest BCUT2D eigenvalue weighted by molar-refractivity contribution is 7.14. The van der Waals surface area contributed by atoms with Gasteiger partial charge in [-0.25, -0.2) is 0 Å². The molecule has 40 heavy (non-hydrogen) atoms. The highest BCUT2D eigenvalue weighted by atomic mass is 32.1. The number of anilines is 1. The number of methoxy groups -OCH3 is 1. The quantitative estimate of drug-likeness (QED) is 0.368. The molecule has 0 fully saturated rings. The van der Waals surface area contributed by atoms with Crippen molar-refractivity contribution in [3.05, 3.63) is 90.3 Å². The molecule has 0 atom stereocenters. The fourth-order valence-corrected chi connectivity index (χ4v) is 7.59. The predicted octanol–water partition coefficient (Wildman–Crippen LogP) is 4.16. The van der Waals surface area contributed by atoms with Crippen molar-refractivity contribution in [2.75, 3.05) is 18.6 Å². The number of amides is 1. The van der Waals surface area contributed by atoms with Crippen LogP contribution < -0.4 is 10.5 Å². The van der Waals surface area contributed by atoms with Crippen LogP contribution in [0.15, 0.2) is 41.3 Å². The van der Waals surface area contributed by atoms with E-state index < -0.39 is 0 Å². The van der Waals surface area contributed by atoms with E-state index in [-0.39, 0.29) is 18.1 Å². The van der Waals surface area contributed by atoms with Crippen LogP contribution in [0, 0.1) is 0 Å². The molecule has 0 unspecified atom stereocenters. The molecule has 2 aliphatic rings. The van der Waals surface area contributed by atoms with E-state index in [0.29, 0.717) is 30.7 Å². The van der Waals surface area contributed by atoms with Crippen molar-refractivity contribution < 1.29 is 14.6 Å². The van der Waals surface area contributed by atoms with Crippen molar-refractivity contribution in [1.82, 2.24) is 14.3 Å². The van der Waals surface area contributed by atoms with Gasteiger partial charge in [0.2, 0.25) is 0 Å². The minimum absolute atomic E-state index is 0.0238. The van der Waals surface area contributed by atoms with Gasteiger partial charge in [0.05, 0.1) is 35.2 Å². The third-order valence-electron chi connectivity index (χ3n) is 8.17. The minimum Gasteiger partial charge on any atom is -0.392 e. The van der Waals surface area contributed by atoms with E-state index in [4.69, 9.17) is 4.74 Å². The first-order valence-electron chi connectivity index (χ1n) is 13.8. The SMILES string of the molecule is COCc1cc(Cc2cc(-c3cccc(N4CCc5c(sc6c5CCCC6)C4=O)c3CO)cn(C)c2=O)nn1C. The van der Waals surface area contributed by atoms with E-state index in [1.54, 1.807) is 40.9 Å². The normalized spacial score (nSPS) is 14.9. The first-order valence-corrected chi connectivity index (χ1v) is 14.6. The maximum atomic E-state index is 13.8. The number of thiophene rings is 1. The topological polar surface area (TPSA) is 89.6 Å². The lowest BCUT2D eigenvalue weighted by Gasteiger charge is -2.30. The standard InChI is InChI=1S/C31H34N4O4S/c1-33-16-20(13-19(30(33)37)14-21-15-22(18-39-3)34(2)32-21)23-8-6-9-27(26(23)17-36)35-12-11-25-24-7-4-5-10-28(24)40-29(25)31(35)38/h6,8-9,13,15-16,36H,4-5,7,10-12,14,17-18H2,1-3H3. The lowest BCUT2D eigenvalue weighted by atomic mass is 9.91. The van der Waals surface area contributed by atoms with Gasteiger partial charge in [-0.2, -0.15) is 5.10 Å². The van der Waals surface area contributed by atoms with Crippen molar-refractivity contribution >= 4 is 22.9 Å². The summed E-state index contributed by atoms with van der Waals surface area (Å²) in [5.41, 5.74) is 7.93. The Labute approximate surface area is 237 Å². The number of aliphatic hydroxyl groups excluding tert-OH is 1. The summed E-state index contributed by atoms with van der Waals surface area (Å²) in [6.45, 7) is 0.814. The zero-order valence-corrected chi connectivity index (χ0v) is 24.0. The third kappa shape index (κ3) is 4.62. The second-order valence-electron chi connectivity index (χ2n) is 10.7. The second-order valence-corrected chi connectivity index (χ2v) is 11.8. The van der Waals surface area contributed by atoms with Gasteiger partial charge in [0, 0.05) is 56.4 Å². The van der Waals surface area contributed by atoms with Crippen LogP contribution in [0.5, 0.6) is 0 Å². The first kappa shape index (κ1) is 26.7. The smallest absolute Gasteiger partial charge is 0.268 e. The van der Waals surface area contributed by atoms with Crippen molar-refractivity contribution in [2.45, 2.75) is 51.7 Å². The summed E-state index contributed by atoms with van der Waals surface area (Å²) in [4.78, 5) is 30.9. The maximum Gasteiger partial charge on any atom is 0.268 e. The van der Waals surface area contributed by atoms with Gasteiger partial charge < -0.3 is 19.3 Å². The monoisotopic (exact) mass is 558 g/mol. The van der Waals surface area contributed by atoms with E-state index in [2.05, 4.69) is 5.10 Å². The molecule has 208 valence electrons. The van der Waals surface area contributed by atoms with Gasteiger partial charge in [-0.15, -0.1) is 11.3 Å².